The number of hydrogen-bond donors (Lipinski definition) is 0. The fraction of sp³-hybridized carbons (Fsp3) is 0.0588. The normalized spacial score (nSPS) is 11.8. The Morgan fingerprint density at radius 2 is 0.685 bits per heavy atom. The lowest BCUT2D eigenvalue weighted by atomic mass is 9.98. The molecule has 5 nitrogen and oxygen atoms in total. The second-order valence-electron chi connectivity index (χ2n) is 19.3. The summed E-state index contributed by atoms with van der Waals surface area (Å²) in [6, 6.07) is 77.7. The van der Waals surface area contributed by atoms with Crippen LogP contribution in [-0.4, -0.2) is 0 Å². The van der Waals surface area contributed by atoms with Gasteiger partial charge in [-0.05, 0) is 103 Å². The number of para-hydroxylation sites is 6. The highest BCUT2D eigenvalue weighted by molar-refractivity contribution is 6.24. The van der Waals surface area contributed by atoms with E-state index in [1.165, 1.54) is 11.1 Å². The lowest BCUT2D eigenvalue weighted by Crippen LogP contribution is -2.12. The minimum absolute atomic E-state index is 0.789. The van der Waals surface area contributed by atoms with Crippen molar-refractivity contribution < 1.29 is 13.3 Å². The molecule has 3 aromatic heterocycles. The van der Waals surface area contributed by atoms with Gasteiger partial charge in [0, 0.05) is 72.3 Å². The van der Waals surface area contributed by atoms with Crippen molar-refractivity contribution in [3.8, 4) is 22.3 Å². The number of furan rings is 3. The van der Waals surface area contributed by atoms with Crippen molar-refractivity contribution in [2.45, 2.75) is 27.7 Å². The van der Waals surface area contributed by atoms with Crippen LogP contribution in [-0.2, 0) is 0 Å². The Kier molecular flexibility index (Phi) is 9.70. The molecule has 0 aliphatic carbocycles. The molecule has 5 heteroatoms. The zero-order valence-electron chi connectivity index (χ0n) is 40.9. The highest BCUT2D eigenvalue weighted by Gasteiger charge is 2.27. The Bertz CT molecular complexity index is 4530. The Balaban J connectivity index is 0.980. The largest absolute Gasteiger partial charge is 0.456 e. The molecular weight excluding hydrogens is 893 g/mol. The fourth-order valence-corrected chi connectivity index (χ4v) is 11.5. The van der Waals surface area contributed by atoms with Crippen molar-refractivity contribution in [3.05, 3.63) is 241 Å². The third-order valence-corrected chi connectivity index (χ3v) is 15.0. The zero-order chi connectivity index (χ0) is 48.9. The van der Waals surface area contributed by atoms with E-state index in [0.717, 1.165) is 144 Å². The first-order valence-corrected chi connectivity index (χ1v) is 25.0. The molecule has 0 atom stereocenters. The van der Waals surface area contributed by atoms with Crippen molar-refractivity contribution in [2.24, 2.45) is 0 Å². The first kappa shape index (κ1) is 42.5. The maximum atomic E-state index is 7.17. The summed E-state index contributed by atoms with van der Waals surface area (Å²) in [6.07, 6.45) is 0. The summed E-state index contributed by atoms with van der Waals surface area (Å²) in [7, 11) is 0. The van der Waals surface area contributed by atoms with E-state index in [-0.39, 0.29) is 0 Å². The highest BCUT2D eigenvalue weighted by Crippen LogP contribution is 2.51. The van der Waals surface area contributed by atoms with Gasteiger partial charge in [-0.25, -0.2) is 0 Å². The number of aryl methyl sites for hydroxylation is 4. The molecular formula is C68H48N2O3. The quantitative estimate of drug-likeness (QED) is 0.152. The molecule has 14 rings (SSSR count). The van der Waals surface area contributed by atoms with Gasteiger partial charge in [0.15, 0.2) is 11.2 Å². The molecule has 0 aliphatic heterocycles. The van der Waals surface area contributed by atoms with Crippen LogP contribution in [0.2, 0.25) is 0 Å². The summed E-state index contributed by atoms with van der Waals surface area (Å²) in [5, 5.41) is 8.61. The van der Waals surface area contributed by atoms with Crippen molar-refractivity contribution >= 4 is 111 Å². The van der Waals surface area contributed by atoms with E-state index in [4.69, 9.17) is 13.3 Å². The van der Waals surface area contributed by atoms with Gasteiger partial charge in [0.1, 0.15) is 22.3 Å². The maximum absolute atomic E-state index is 7.17. The van der Waals surface area contributed by atoms with Crippen molar-refractivity contribution in [1.82, 2.24) is 0 Å². The maximum Gasteiger partial charge on any atom is 0.159 e. The van der Waals surface area contributed by atoms with Crippen LogP contribution >= 0.6 is 0 Å². The summed E-state index contributed by atoms with van der Waals surface area (Å²) < 4.78 is 21.4. The minimum Gasteiger partial charge on any atom is -0.456 e. The number of fused-ring (bicyclic) bond motifs is 11. The summed E-state index contributed by atoms with van der Waals surface area (Å²) in [6.45, 7) is 8.66. The predicted octanol–water partition coefficient (Wildman–Crippen LogP) is 20.0. The number of rotatable bonds is 8. The number of nitrogens with zero attached hydrogens (tertiary/aromatic N) is 2. The van der Waals surface area contributed by atoms with Gasteiger partial charge in [-0.1, -0.05) is 170 Å². The molecule has 0 aliphatic rings. The van der Waals surface area contributed by atoms with E-state index in [1.54, 1.807) is 0 Å². The van der Waals surface area contributed by atoms with Gasteiger partial charge in [0.25, 0.3) is 0 Å². The molecule has 0 spiro atoms. The molecule has 73 heavy (non-hydrogen) atoms. The molecule has 0 N–H and O–H groups in total. The molecule has 0 saturated heterocycles. The van der Waals surface area contributed by atoms with E-state index in [2.05, 4.69) is 256 Å². The van der Waals surface area contributed by atoms with E-state index in [9.17, 15) is 0 Å². The van der Waals surface area contributed by atoms with Gasteiger partial charge in [-0.3, -0.25) is 0 Å². The lowest BCUT2D eigenvalue weighted by Gasteiger charge is -2.28. The molecule has 348 valence electrons. The minimum atomic E-state index is 0.789. The van der Waals surface area contributed by atoms with Crippen molar-refractivity contribution in [2.75, 3.05) is 9.80 Å². The number of benzene rings is 11. The smallest absolute Gasteiger partial charge is 0.159 e. The molecule has 11 aromatic carbocycles. The average molecular weight is 941 g/mol. The van der Waals surface area contributed by atoms with Gasteiger partial charge in [-0.15, -0.1) is 0 Å². The SMILES string of the molecule is Cc1ccccc1-c1cccc2c1oc1c(N(c3ccc4c(c3)oc3cc(N(c5ccccc5C)c5cccc6c5oc5c(-c7ccccc7C)cccc56)c5ccccc5c34)c3ccccc3C)cccc12. The Hall–Kier alpha value is -9.32. The molecule has 0 radical (unpaired) electrons. The topological polar surface area (TPSA) is 45.9 Å². The van der Waals surface area contributed by atoms with E-state index >= 15 is 0 Å². The first-order valence-electron chi connectivity index (χ1n) is 25.0. The van der Waals surface area contributed by atoms with E-state index in [1.807, 2.05) is 0 Å². The second-order valence-corrected chi connectivity index (χ2v) is 19.3. The molecule has 0 amide bonds. The number of hydrogen-bond acceptors (Lipinski definition) is 5. The third kappa shape index (κ3) is 6.62. The zero-order valence-corrected chi connectivity index (χ0v) is 40.9. The predicted molar refractivity (Wildman–Crippen MR) is 305 cm³/mol. The van der Waals surface area contributed by atoms with Gasteiger partial charge >= 0.3 is 0 Å². The lowest BCUT2D eigenvalue weighted by molar-refractivity contribution is 0.667. The second kappa shape index (κ2) is 16.6. The van der Waals surface area contributed by atoms with Crippen LogP contribution in [0, 0.1) is 27.7 Å². The van der Waals surface area contributed by atoms with Crippen LogP contribution in [0.1, 0.15) is 22.3 Å². The average Bonchev–Trinajstić information content (AvgIpc) is 4.13. The van der Waals surface area contributed by atoms with Crippen LogP contribution in [0.3, 0.4) is 0 Å². The van der Waals surface area contributed by atoms with E-state index < -0.39 is 0 Å². The Morgan fingerprint density at radius 1 is 0.260 bits per heavy atom. The third-order valence-electron chi connectivity index (χ3n) is 15.0. The molecule has 14 aromatic rings. The van der Waals surface area contributed by atoms with E-state index in [0.29, 0.717) is 0 Å². The van der Waals surface area contributed by atoms with Crippen LogP contribution in [0.15, 0.2) is 232 Å². The van der Waals surface area contributed by atoms with Crippen LogP contribution in [0.4, 0.5) is 34.1 Å². The summed E-state index contributed by atoms with van der Waals surface area (Å²) in [5.74, 6) is 0. The van der Waals surface area contributed by atoms with Gasteiger partial charge in [-0.2, -0.15) is 0 Å². The Morgan fingerprint density at radius 3 is 1.25 bits per heavy atom. The first-order chi connectivity index (χ1) is 35.9. The molecule has 3 heterocycles. The summed E-state index contributed by atoms with van der Waals surface area (Å²) >= 11 is 0. The Labute approximate surface area is 422 Å². The molecule has 0 unspecified atom stereocenters. The van der Waals surface area contributed by atoms with Crippen LogP contribution in [0.5, 0.6) is 0 Å². The van der Waals surface area contributed by atoms with Gasteiger partial charge < -0.3 is 23.1 Å². The fourth-order valence-electron chi connectivity index (χ4n) is 11.5. The standard InChI is InChI=1S/C68H48N2O3/c1-41-19-5-9-23-46(41)50-27-15-29-52-54-31-17-35-59(67(54)72-65(50)52)69(57-33-13-7-21-43(57)3)45-37-38-56-62(39-45)71-63-40-61(48-25-11-12-26-49(48)64(56)63)70(58-34-14-8-22-44(58)4)60-36-18-32-55-53-30-16-28-51(66(53)73-68(55)60)47-24-10-6-20-42(47)2/h5-40H,1-4H3. The van der Waals surface area contributed by atoms with Crippen LogP contribution < -0.4 is 9.80 Å². The van der Waals surface area contributed by atoms with Crippen molar-refractivity contribution in [3.63, 3.8) is 0 Å². The monoisotopic (exact) mass is 940 g/mol. The molecule has 0 saturated carbocycles. The number of anilines is 6. The molecule has 0 fully saturated rings. The summed E-state index contributed by atoms with van der Waals surface area (Å²) in [4.78, 5) is 4.69. The van der Waals surface area contributed by atoms with Gasteiger partial charge in [0.05, 0.1) is 22.7 Å². The summed E-state index contributed by atoms with van der Waals surface area (Å²) in [5.41, 5.74) is 20.1. The van der Waals surface area contributed by atoms with Crippen LogP contribution in [0.25, 0.3) is 98.8 Å². The highest BCUT2D eigenvalue weighted by atomic mass is 16.3. The van der Waals surface area contributed by atoms with Crippen molar-refractivity contribution in [1.29, 1.82) is 0 Å². The molecule has 0 bridgehead atoms. The van der Waals surface area contributed by atoms with Gasteiger partial charge in [0.2, 0.25) is 0 Å².